The van der Waals surface area contributed by atoms with Gasteiger partial charge in [0.05, 0.1) is 0 Å². The third-order valence-electron chi connectivity index (χ3n) is 3.43. The van der Waals surface area contributed by atoms with Crippen molar-refractivity contribution < 1.29 is 4.74 Å². The lowest BCUT2D eigenvalue weighted by Crippen LogP contribution is -2.33. The lowest BCUT2D eigenvalue weighted by molar-refractivity contribution is 0.126. The summed E-state index contributed by atoms with van der Waals surface area (Å²) in [7, 11) is 2.08. The predicted octanol–water partition coefficient (Wildman–Crippen LogP) is 3.03. The van der Waals surface area contributed by atoms with E-state index in [0.29, 0.717) is 6.01 Å². The van der Waals surface area contributed by atoms with Crippen molar-refractivity contribution >= 4 is 0 Å². The zero-order valence-corrected chi connectivity index (χ0v) is 13.9. The van der Waals surface area contributed by atoms with Crippen LogP contribution >= 0.6 is 0 Å². The molecule has 0 unspecified atom stereocenters. The molecule has 0 saturated heterocycles. The summed E-state index contributed by atoms with van der Waals surface area (Å²) in [6.07, 6.45) is 9.12. The smallest absolute Gasteiger partial charge is 0.316 e. The van der Waals surface area contributed by atoms with Gasteiger partial charge in [0.2, 0.25) is 0 Å². The van der Waals surface area contributed by atoms with Crippen LogP contribution in [0.2, 0.25) is 0 Å². The molecular formula is C18H24N4O. The van der Waals surface area contributed by atoms with Crippen molar-refractivity contribution in [2.45, 2.75) is 32.4 Å². The Hall–Kier alpha value is -2.27. The van der Waals surface area contributed by atoms with Crippen LogP contribution in [0.3, 0.4) is 0 Å². The fraction of sp³-hybridized carbons (Fsp3) is 0.389. The first-order valence-electron chi connectivity index (χ1n) is 7.82. The number of ether oxygens (including phenoxy) is 1. The van der Waals surface area contributed by atoms with Gasteiger partial charge in [0.15, 0.2) is 0 Å². The molecule has 2 heterocycles. The molecule has 2 rings (SSSR count). The molecule has 0 radical (unpaired) electrons. The molecule has 0 fully saturated rings. The summed E-state index contributed by atoms with van der Waals surface area (Å²) in [5.41, 5.74) is 2.09. The first-order valence-corrected chi connectivity index (χ1v) is 7.82. The zero-order chi connectivity index (χ0) is 16.5. The van der Waals surface area contributed by atoms with Gasteiger partial charge in [0.25, 0.3) is 0 Å². The third kappa shape index (κ3) is 6.16. The summed E-state index contributed by atoms with van der Waals surface area (Å²) in [4.78, 5) is 14.9. The van der Waals surface area contributed by atoms with Crippen LogP contribution in [0.15, 0.2) is 49.4 Å². The lowest BCUT2D eigenvalue weighted by atomic mass is 10.1. The molecule has 0 amide bonds. The molecule has 0 aromatic carbocycles. The minimum Gasteiger partial charge on any atom is -0.459 e. The number of aryl methyl sites for hydroxylation is 1. The molecular weight excluding hydrogens is 288 g/mol. The monoisotopic (exact) mass is 312 g/mol. The Kier molecular flexibility index (Phi) is 6.69. The van der Waals surface area contributed by atoms with Crippen molar-refractivity contribution in [3.8, 4) is 6.01 Å². The van der Waals surface area contributed by atoms with Gasteiger partial charge in [-0.25, -0.2) is 9.97 Å². The molecule has 0 bridgehead atoms. The van der Waals surface area contributed by atoms with Gasteiger partial charge in [0, 0.05) is 37.4 Å². The van der Waals surface area contributed by atoms with Crippen LogP contribution in [0.1, 0.15) is 24.1 Å². The van der Waals surface area contributed by atoms with Crippen molar-refractivity contribution in [3.05, 3.63) is 60.7 Å². The van der Waals surface area contributed by atoms with Crippen molar-refractivity contribution in [3.63, 3.8) is 0 Å². The van der Waals surface area contributed by atoms with Crippen LogP contribution in [0.5, 0.6) is 6.01 Å². The maximum Gasteiger partial charge on any atom is 0.316 e. The lowest BCUT2D eigenvalue weighted by Gasteiger charge is -2.24. The van der Waals surface area contributed by atoms with E-state index in [9.17, 15) is 0 Å². The van der Waals surface area contributed by atoms with Gasteiger partial charge in [-0.2, -0.15) is 0 Å². The van der Waals surface area contributed by atoms with Gasteiger partial charge in [-0.05, 0) is 44.5 Å². The second kappa shape index (κ2) is 9.00. The molecule has 0 spiro atoms. The number of pyridine rings is 1. The largest absolute Gasteiger partial charge is 0.459 e. The average molecular weight is 312 g/mol. The first kappa shape index (κ1) is 17.1. The van der Waals surface area contributed by atoms with E-state index in [-0.39, 0.29) is 6.10 Å². The minimum absolute atomic E-state index is 0.0245. The van der Waals surface area contributed by atoms with Crippen molar-refractivity contribution in [2.24, 2.45) is 0 Å². The zero-order valence-electron chi connectivity index (χ0n) is 13.9. The Morgan fingerprint density at radius 2 is 2.22 bits per heavy atom. The van der Waals surface area contributed by atoms with Crippen LogP contribution in [0.4, 0.5) is 0 Å². The molecule has 2 aromatic heterocycles. The van der Waals surface area contributed by atoms with Crippen LogP contribution in [-0.4, -0.2) is 39.5 Å². The van der Waals surface area contributed by atoms with Crippen LogP contribution in [0, 0.1) is 6.92 Å². The van der Waals surface area contributed by atoms with E-state index in [4.69, 9.17) is 4.74 Å². The molecule has 0 saturated carbocycles. The highest BCUT2D eigenvalue weighted by Crippen LogP contribution is 2.11. The van der Waals surface area contributed by atoms with Crippen molar-refractivity contribution in [1.29, 1.82) is 0 Å². The van der Waals surface area contributed by atoms with Gasteiger partial charge in [-0.15, -0.1) is 6.58 Å². The number of aromatic nitrogens is 3. The Bertz CT molecular complexity index is 603. The quantitative estimate of drug-likeness (QED) is 0.666. The second-order valence-corrected chi connectivity index (χ2v) is 5.64. The highest BCUT2D eigenvalue weighted by atomic mass is 16.5. The standard InChI is InChI=1S/C18H24N4O/c1-4-5-8-17(23-18-20-11-9-15(2)21-18)14-22(3)13-16-7-6-10-19-12-16/h4,6-7,9-12,17H,1,5,8,13-14H2,2-3H3/t17-/m0/s1. The molecule has 5 nitrogen and oxygen atoms in total. The summed E-state index contributed by atoms with van der Waals surface area (Å²) in [5.74, 6) is 0. The van der Waals surface area contributed by atoms with E-state index >= 15 is 0 Å². The maximum atomic E-state index is 5.98. The summed E-state index contributed by atoms with van der Waals surface area (Å²) in [6.45, 7) is 7.35. The van der Waals surface area contributed by atoms with Gasteiger partial charge in [0.1, 0.15) is 6.10 Å². The summed E-state index contributed by atoms with van der Waals surface area (Å²) in [5, 5.41) is 0. The number of hydrogen-bond donors (Lipinski definition) is 0. The number of nitrogens with zero attached hydrogens (tertiary/aromatic N) is 4. The Balaban J connectivity index is 1.95. The summed E-state index contributed by atoms with van der Waals surface area (Å²) in [6, 6.07) is 6.33. The topological polar surface area (TPSA) is 51.1 Å². The predicted molar refractivity (Wildman–Crippen MR) is 91.2 cm³/mol. The Labute approximate surface area is 138 Å². The third-order valence-corrected chi connectivity index (χ3v) is 3.43. The van der Waals surface area contributed by atoms with Gasteiger partial charge < -0.3 is 4.74 Å². The molecule has 0 aliphatic rings. The number of likely N-dealkylation sites (N-methyl/N-ethyl adjacent to an activating group) is 1. The van der Waals surface area contributed by atoms with E-state index in [1.807, 2.05) is 31.3 Å². The van der Waals surface area contributed by atoms with Crippen LogP contribution in [-0.2, 0) is 6.54 Å². The summed E-state index contributed by atoms with van der Waals surface area (Å²) >= 11 is 0. The second-order valence-electron chi connectivity index (χ2n) is 5.64. The molecule has 1 atom stereocenters. The fourth-order valence-electron chi connectivity index (χ4n) is 2.34. The molecule has 0 aliphatic carbocycles. The molecule has 5 heteroatoms. The molecule has 2 aromatic rings. The van der Waals surface area contributed by atoms with Gasteiger partial charge in [-0.3, -0.25) is 9.88 Å². The molecule has 0 aliphatic heterocycles. The molecule has 0 N–H and O–H groups in total. The highest BCUT2D eigenvalue weighted by molar-refractivity contribution is 5.08. The van der Waals surface area contributed by atoms with Gasteiger partial charge >= 0.3 is 6.01 Å². The van der Waals surface area contributed by atoms with E-state index in [0.717, 1.165) is 31.6 Å². The normalized spacial score (nSPS) is 12.1. The first-order chi connectivity index (χ1) is 11.2. The fourth-order valence-corrected chi connectivity index (χ4v) is 2.34. The number of rotatable bonds is 9. The van der Waals surface area contributed by atoms with Crippen LogP contribution in [0.25, 0.3) is 0 Å². The van der Waals surface area contributed by atoms with E-state index < -0.39 is 0 Å². The molecule has 122 valence electrons. The maximum absolute atomic E-state index is 5.98. The summed E-state index contributed by atoms with van der Waals surface area (Å²) < 4.78 is 5.98. The Morgan fingerprint density at radius 3 is 2.91 bits per heavy atom. The average Bonchev–Trinajstić information content (AvgIpc) is 2.53. The van der Waals surface area contributed by atoms with Gasteiger partial charge in [-0.1, -0.05) is 12.1 Å². The molecule has 23 heavy (non-hydrogen) atoms. The SMILES string of the molecule is C=CCC[C@@H](CN(C)Cc1cccnc1)Oc1nccc(C)n1. The number of hydrogen-bond acceptors (Lipinski definition) is 5. The Morgan fingerprint density at radius 1 is 1.35 bits per heavy atom. The van der Waals surface area contributed by atoms with E-state index in [1.165, 1.54) is 5.56 Å². The van der Waals surface area contributed by atoms with E-state index in [1.54, 1.807) is 12.4 Å². The number of allylic oxidation sites excluding steroid dienone is 1. The van der Waals surface area contributed by atoms with Crippen molar-refractivity contribution in [2.75, 3.05) is 13.6 Å². The highest BCUT2D eigenvalue weighted by Gasteiger charge is 2.15. The van der Waals surface area contributed by atoms with E-state index in [2.05, 4.69) is 39.5 Å². The van der Waals surface area contributed by atoms with Crippen molar-refractivity contribution in [1.82, 2.24) is 19.9 Å². The van der Waals surface area contributed by atoms with Crippen LogP contribution < -0.4 is 4.74 Å². The minimum atomic E-state index is 0.0245.